The summed E-state index contributed by atoms with van der Waals surface area (Å²) in [6, 6.07) is 20.0. The predicted octanol–water partition coefficient (Wildman–Crippen LogP) is 5.55. The molecule has 0 bridgehead atoms. The number of ether oxygens (including phenoxy) is 3. The number of esters is 1. The van der Waals surface area contributed by atoms with Crippen molar-refractivity contribution in [2.24, 2.45) is 0 Å². The maximum atomic E-state index is 13.0. The van der Waals surface area contributed by atoms with Crippen molar-refractivity contribution in [3.8, 4) is 34.1 Å². The molecule has 2 aromatic heterocycles. The number of para-hydroxylation sites is 2. The summed E-state index contributed by atoms with van der Waals surface area (Å²) in [4.78, 5) is 38.1. The van der Waals surface area contributed by atoms with Gasteiger partial charge in [0.25, 0.3) is 5.91 Å². The van der Waals surface area contributed by atoms with Gasteiger partial charge in [0.05, 0.1) is 36.5 Å². The summed E-state index contributed by atoms with van der Waals surface area (Å²) in [5.74, 6) is 0.604. The zero-order valence-electron chi connectivity index (χ0n) is 20.8. The SMILES string of the molecule is COc1ccc(-c2csc(NC(=O)C(C)OC(=O)c3ccccc3-c3nc4ccccc4[nH]3)n2)cc1OC. The Morgan fingerprint density at radius 1 is 0.947 bits per heavy atom. The van der Waals surface area contributed by atoms with Crippen LogP contribution < -0.4 is 14.8 Å². The van der Waals surface area contributed by atoms with Crippen molar-refractivity contribution < 1.29 is 23.8 Å². The Hall–Kier alpha value is -4.70. The van der Waals surface area contributed by atoms with Crippen LogP contribution in [-0.4, -0.2) is 47.2 Å². The first kappa shape index (κ1) is 25.0. The molecule has 10 heteroatoms. The van der Waals surface area contributed by atoms with Gasteiger partial charge >= 0.3 is 5.97 Å². The zero-order chi connectivity index (χ0) is 26.6. The molecule has 0 aliphatic rings. The van der Waals surface area contributed by atoms with Crippen molar-refractivity contribution in [1.29, 1.82) is 0 Å². The van der Waals surface area contributed by atoms with Crippen molar-refractivity contribution in [3.63, 3.8) is 0 Å². The maximum Gasteiger partial charge on any atom is 0.339 e. The molecule has 1 atom stereocenters. The number of benzene rings is 3. The van der Waals surface area contributed by atoms with Gasteiger partial charge in [-0.05, 0) is 43.3 Å². The van der Waals surface area contributed by atoms with E-state index in [-0.39, 0.29) is 0 Å². The number of aromatic amines is 1. The van der Waals surface area contributed by atoms with Crippen LogP contribution in [0.3, 0.4) is 0 Å². The van der Waals surface area contributed by atoms with Gasteiger partial charge in [-0.3, -0.25) is 10.1 Å². The second-order valence-electron chi connectivity index (χ2n) is 8.29. The van der Waals surface area contributed by atoms with E-state index >= 15 is 0 Å². The highest BCUT2D eigenvalue weighted by Gasteiger charge is 2.23. The number of hydrogen-bond donors (Lipinski definition) is 2. The third-order valence-corrected chi connectivity index (χ3v) is 6.62. The topological polar surface area (TPSA) is 115 Å². The number of hydrogen-bond acceptors (Lipinski definition) is 8. The van der Waals surface area contributed by atoms with E-state index in [2.05, 4.69) is 20.3 Å². The minimum Gasteiger partial charge on any atom is -0.493 e. The quantitative estimate of drug-likeness (QED) is 0.254. The van der Waals surface area contributed by atoms with E-state index in [1.807, 2.05) is 47.8 Å². The molecule has 5 aromatic rings. The molecule has 2 N–H and O–H groups in total. The van der Waals surface area contributed by atoms with E-state index in [1.165, 1.54) is 18.3 Å². The van der Waals surface area contributed by atoms with E-state index in [9.17, 15) is 9.59 Å². The molecule has 1 amide bonds. The van der Waals surface area contributed by atoms with Gasteiger partial charge in [0, 0.05) is 16.5 Å². The maximum absolute atomic E-state index is 13.0. The zero-order valence-corrected chi connectivity index (χ0v) is 21.7. The Morgan fingerprint density at radius 2 is 1.71 bits per heavy atom. The molecule has 38 heavy (non-hydrogen) atoms. The van der Waals surface area contributed by atoms with Crippen LogP contribution in [0.25, 0.3) is 33.7 Å². The molecule has 0 radical (unpaired) electrons. The molecular formula is C28H24N4O5S. The molecule has 0 saturated heterocycles. The van der Waals surface area contributed by atoms with Crippen molar-refractivity contribution in [2.45, 2.75) is 13.0 Å². The fraction of sp³-hybridized carbons (Fsp3) is 0.143. The van der Waals surface area contributed by atoms with Crippen LogP contribution in [0, 0.1) is 0 Å². The summed E-state index contributed by atoms with van der Waals surface area (Å²) in [5.41, 5.74) is 4.00. The predicted molar refractivity (Wildman–Crippen MR) is 146 cm³/mol. The standard InChI is InChI=1S/C28H24N4O5S/c1-16(26(33)32-28-31-22(15-38-28)17-12-13-23(35-2)24(14-17)36-3)37-27(34)19-9-5-4-8-18(19)25-29-20-10-6-7-11-21(20)30-25/h4-16H,1-3H3,(H,29,30)(H,31,32,33). The molecule has 192 valence electrons. The Labute approximate surface area is 222 Å². The summed E-state index contributed by atoms with van der Waals surface area (Å²) < 4.78 is 16.1. The Balaban J connectivity index is 1.27. The van der Waals surface area contributed by atoms with Crippen LogP contribution in [-0.2, 0) is 9.53 Å². The lowest BCUT2D eigenvalue weighted by Gasteiger charge is -2.13. The lowest BCUT2D eigenvalue weighted by Crippen LogP contribution is -2.30. The molecule has 0 fully saturated rings. The normalized spacial score (nSPS) is 11.7. The third-order valence-electron chi connectivity index (χ3n) is 5.86. The van der Waals surface area contributed by atoms with Gasteiger partial charge in [-0.1, -0.05) is 30.3 Å². The lowest BCUT2D eigenvalue weighted by molar-refractivity contribution is -0.123. The molecule has 5 rings (SSSR count). The van der Waals surface area contributed by atoms with E-state index in [4.69, 9.17) is 14.2 Å². The first-order valence-corrected chi connectivity index (χ1v) is 12.6. The van der Waals surface area contributed by atoms with Gasteiger partial charge in [0.2, 0.25) is 0 Å². The minimum atomic E-state index is -1.06. The van der Waals surface area contributed by atoms with Crippen LogP contribution in [0.1, 0.15) is 17.3 Å². The van der Waals surface area contributed by atoms with E-state index < -0.39 is 18.0 Å². The number of H-pyrrole nitrogens is 1. The van der Waals surface area contributed by atoms with Crippen LogP contribution in [0.15, 0.2) is 72.1 Å². The number of methoxy groups -OCH3 is 2. The van der Waals surface area contributed by atoms with E-state index in [0.29, 0.717) is 39.3 Å². The number of thiazole rings is 1. The third kappa shape index (κ3) is 5.07. The highest BCUT2D eigenvalue weighted by Crippen LogP contribution is 2.33. The van der Waals surface area contributed by atoms with Gasteiger partial charge in [0.15, 0.2) is 22.7 Å². The number of aromatic nitrogens is 3. The first-order valence-electron chi connectivity index (χ1n) is 11.7. The van der Waals surface area contributed by atoms with Crippen LogP contribution in [0.2, 0.25) is 0 Å². The number of anilines is 1. The fourth-order valence-corrected chi connectivity index (χ4v) is 4.61. The average Bonchev–Trinajstić information content (AvgIpc) is 3.59. The van der Waals surface area contributed by atoms with Gasteiger partial charge in [-0.25, -0.2) is 14.8 Å². The average molecular weight is 529 g/mol. The highest BCUT2D eigenvalue weighted by molar-refractivity contribution is 7.14. The van der Waals surface area contributed by atoms with Gasteiger partial charge < -0.3 is 19.2 Å². The summed E-state index contributed by atoms with van der Waals surface area (Å²) in [6.45, 7) is 1.51. The molecule has 0 aliphatic heterocycles. The number of fused-ring (bicyclic) bond motifs is 1. The van der Waals surface area contributed by atoms with E-state index in [0.717, 1.165) is 16.6 Å². The molecule has 3 aromatic carbocycles. The van der Waals surface area contributed by atoms with Gasteiger partial charge in [0.1, 0.15) is 5.82 Å². The minimum absolute atomic E-state index is 0.302. The summed E-state index contributed by atoms with van der Waals surface area (Å²) in [6.07, 6.45) is -1.06. The summed E-state index contributed by atoms with van der Waals surface area (Å²) in [7, 11) is 3.13. The smallest absolute Gasteiger partial charge is 0.339 e. The molecule has 0 spiro atoms. The number of carbonyl (C=O) groups is 2. The Kier molecular flexibility index (Phi) is 7.05. The number of amides is 1. The number of carbonyl (C=O) groups excluding carboxylic acids is 2. The highest BCUT2D eigenvalue weighted by atomic mass is 32.1. The van der Waals surface area contributed by atoms with Crippen LogP contribution in [0.5, 0.6) is 11.5 Å². The van der Waals surface area contributed by atoms with Gasteiger partial charge in [-0.2, -0.15) is 0 Å². The second-order valence-corrected chi connectivity index (χ2v) is 9.15. The van der Waals surface area contributed by atoms with E-state index in [1.54, 1.807) is 38.5 Å². The molecular weight excluding hydrogens is 504 g/mol. The Bertz CT molecular complexity index is 1590. The monoisotopic (exact) mass is 528 g/mol. The largest absolute Gasteiger partial charge is 0.493 e. The number of imidazole rings is 1. The summed E-state index contributed by atoms with van der Waals surface area (Å²) in [5, 5.41) is 4.92. The molecule has 1 unspecified atom stereocenters. The van der Waals surface area contributed by atoms with Crippen molar-refractivity contribution in [1.82, 2.24) is 15.0 Å². The molecule has 0 aliphatic carbocycles. The Morgan fingerprint density at radius 3 is 2.50 bits per heavy atom. The molecule has 2 heterocycles. The molecule has 9 nitrogen and oxygen atoms in total. The first-order chi connectivity index (χ1) is 18.5. The number of rotatable bonds is 8. The second kappa shape index (κ2) is 10.7. The van der Waals surface area contributed by atoms with Crippen molar-refractivity contribution >= 4 is 39.4 Å². The van der Waals surface area contributed by atoms with Crippen molar-refractivity contribution in [2.75, 3.05) is 19.5 Å². The lowest BCUT2D eigenvalue weighted by atomic mass is 10.1. The van der Waals surface area contributed by atoms with Crippen LogP contribution >= 0.6 is 11.3 Å². The summed E-state index contributed by atoms with van der Waals surface area (Å²) >= 11 is 1.26. The number of nitrogens with zero attached hydrogens (tertiary/aromatic N) is 2. The van der Waals surface area contributed by atoms with Gasteiger partial charge in [-0.15, -0.1) is 11.3 Å². The number of nitrogens with one attached hydrogen (secondary N) is 2. The molecule has 0 saturated carbocycles. The van der Waals surface area contributed by atoms with Crippen molar-refractivity contribution in [3.05, 3.63) is 77.7 Å². The van der Waals surface area contributed by atoms with Crippen LogP contribution in [0.4, 0.5) is 5.13 Å². The fourth-order valence-electron chi connectivity index (χ4n) is 3.89.